The van der Waals surface area contributed by atoms with Gasteiger partial charge in [0, 0.05) is 18.5 Å². The highest BCUT2D eigenvalue weighted by Crippen LogP contribution is 2.23. The molecule has 8 nitrogen and oxygen atoms in total. The van der Waals surface area contributed by atoms with Gasteiger partial charge in [0.05, 0.1) is 18.4 Å². The van der Waals surface area contributed by atoms with Gasteiger partial charge in [-0.3, -0.25) is 9.36 Å². The van der Waals surface area contributed by atoms with E-state index < -0.39 is 34.8 Å². The summed E-state index contributed by atoms with van der Waals surface area (Å²) in [5, 5.41) is 9.80. The Kier molecular flexibility index (Phi) is 4.65. The van der Waals surface area contributed by atoms with Gasteiger partial charge >= 0.3 is 5.97 Å². The van der Waals surface area contributed by atoms with Gasteiger partial charge in [-0.05, 0) is 18.2 Å². The van der Waals surface area contributed by atoms with Crippen LogP contribution in [0.2, 0.25) is 0 Å². The Hall–Kier alpha value is -3.69. The van der Waals surface area contributed by atoms with E-state index in [2.05, 4.69) is 25.2 Å². The number of halogens is 2. The molecule has 0 fully saturated rings. The maximum absolute atomic E-state index is 14.0. The van der Waals surface area contributed by atoms with Gasteiger partial charge in [-0.1, -0.05) is 0 Å². The van der Waals surface area contributed by atoms with E-state index in [9.17, 15) is 18.4 Å². The highest BCUT2D eigenvalue weighted by Gasteiger charge is 2.21. The minimum atomic E-state index is -1.12. The first-order valence-corrected chi connectivity index (χ1v) is 7.20. The summed E-state index contributed by atoms with van der Waals surface area (Å²) in [6.45, 7) is 0. The van der Waals surface area contributed by atoms with Crippen LogP contribution >= 0.6 is 0 Å². The lowest BCUT2D eigenvalue weighted by Gasteiger charge is -2.11. The number of ether oxygens (including phenoxy) is 1. The lowest BCUT2D eigenvalue weighted by molar-refractivity contribution is 0.0601. The summed E-state index contributed by atoms with van der Waals surface area (Å²) in [5.41, 5.74) is -1.10. The number of nitrogens with one attached hydrogen (secondary N) is 1. The molecule has 0 saturated heterocycles. The van der Waals surface area contributed by atoms with Crippen LogP contribution in [0.15, 0.2) is 43.0 Å². The number of imidazole rings is 1. The zero-order valence-corrected chi connectivity index (χ0v) is 13.3. The second-order valence-corrected chi connectivity index (χ2v) is 5.00. The Labute approximate surface area is 145 Å². The van der Waals surface area contributed by atoms with Crippen molar-refractivity contribution in [3.05, 3.63) is 65.9 Å². The maximum atomic E-state index is 14.0. The highest BCUT2D eigenvalue weighted by molar-refractivity contribution is 6.07. The van der Waals surface area contributed by atoms with Crippen LogP contribution in [0.3, 0.4) is 0 Å². The van der Waals surface area contributed by atoms with Crippen molar-refractivity contribution in [1.29, 1.82) is 0 Å². The van der Waals surface area contributed by atoms with E-state index >= 15 is 0 Å². The Balaban J connectivity index is 1.87. The number of nitrogens with zero attached hydrogens (tertiary/aromatic N) is 4. The quantitative estimate of drug-likeness (QED) is 0.715. The number of aromatic nitrogens is 4. The monoisotopic (exact) mass is 359 g/mol. The van der Waals surface area contributed by atoms with E-state index in [1.807, 2.05) is 0 Å². The Bertz CT molecular complexity index is 959. The molecule has 26 heavy (non-hydrogen) atoms. The molecule has 0 unspecified atom stereocenters. The molecule has 3 aromatic rings. The van der Waals surface area contributed by atoms with Gasteiger partial charge in [0.2, 0.25) is 0 Å². The second kappa shape index (κ2) is 7.05. The lowest BCUT2D eigenvalue weighted by atomic mass is 10.1. The van der Waals surface area contributed by atoms with Crippen LogP contribution in [-0.2, 0) is 4.74 Å². The van der Waals surface area contributed by atoms with Crippen molar-refractivity contribution >= 4 is 17.6 Å². The summed E-state index contributed by atoms with van der Waals surface area (Å²) >= 11 is 0. The Morgan fingerprint density at radius 1 is 1.19 bits per heavy atom. The van der Waals surface area contributed by atoms with Gasteiger partial charge in [0.1, 0.15) is 12.1 Å². The van der Waals surface area contributed by atoms with Crippen LogP contribution in [0.4, 0.5) is 14.5 Å². The highest BCUT2D eigenvalue weighted by atomic mass is 19.1. The van der Waals surface area contributed by atoms with Crippen LogP contribution < -0.4 is 5.32 Å². The first-order valence-electron chi connectivity index (χ1n) is 7.20. The number of rotatable bonds is 4. The number of anilines is 1. The topological polar surface area (TPSA) is 99.0 Å². The molecule has 1 aromatic carbocycles. The third-order valence-electron chi connectivity index (χ3n) is 3.35. The normalized spacial score (nSPS) is 10.4. The summed E-state index contributed by atoms with van der Waals surface area (Å²) in [7, 11) is 1.05. The van der Waals surface area contributed by atoms with Crippen molar-refractivity contribution in [2.75, 3.05) is 12.4 Å². The zero-order chi connectivity index (χ0) is 18.7. The van der Waals surface area contributed by atoms with E-state index in [1.165, 1.54) is 18.5 Å². The van der Waals surface area contributed by atoms with E-state index in [4.69, 9.17) is 0 Å². The maximum Gasteiger partial charge on any atom is 0.340 e. The fraction of sp³-hybridized carbons (Fsp3) is 0.0625. The van der Waals surface area contributed by atoms with Gasteiger partial charge in [0.25, 0.3) is 5.91 Å². The average Bonchev–Trinajstić information content (AvgIpc) is 3.17. The number of benzene rings is 1. The number of carbonyl (C=O) groups excluding carboxylic acids is 2. The first-order chi connectivity index (χ1) is 12.5. The molecule has 0 radical (unpaired) electrons. The molecule has 0 aliphatic carbocycles. The summed E-state index contributed by atoms with van der Waals surface area (Å²) in [6.07, 6.45) is 4.69. The third-order valence-corrected chi connectivity index (χ3v) is 3.35. The fourth-order valence-electron chi connectivity index (χ4n) is 2.13. The fourth-order valence-corrected chi connectivity index (χ4v) is 2.13. The molecule has 3 rings (SSSR count). The molecule has 0 aliphatic rings. The standard InChI is InChI=1S/C16H11F2N5O3/c1-26-16(25)10-6-9(17)7-11(18)14(10)20-15(24)12-2-3-13(22-21-12)23-5-4-19-8-23/h2-8H,1H3,(H,20,24). The number of methoxy groups -OCH3 is 1. The number of carbonyl (C=O) groups is 2. The van der Waals surface area contributed by atoms with E-state index in [-0.39, 0.29) is 5.69 Å². The van der Waals surface area contributed by atoms with Gasteiger partial charge < -0.3 is 10.1 Å². The number of esters is 1. The third kappa shape index (κ3) is 3.38. The molecular formula is C16H11F2N5O3. The second-order valence-electron chi connectivity index (χ2n) is 5.00. The van der Waals surface area contributed by atoms with Crippen molar-refractivity contribution in [3.8, 4) is 5.82 Å². The summed E-state index contributed by atoms with van der Waals surface area (Å²) in [4.78, 5) is 27.8. The number of hydrogen-bond donors (Lipinski definition) is 1. The summed E-state index contributed by atoms with van der Waals surface area (Å²) in [5.74, 6) is -3.51. The van der Waals surface area contributed by atoms with Gasteiger partial charge in [-0.25, -0.2) is 18.6 Å². The smallest absolute Gasteiger partial charge is 0.340 e. The average molecular weight is 359 g/mol. The SMILES string of the molecule is COC(=O)c1cc(F)cc(F)c1NC(=O)c1ccc(-n2ccnc2)nn1. The molecule has 0 bridgehead atoms. The number of hydrogen-bond acceptors (Lipinski definition) is 6. The van der Waals surface area contributed by atoms with E-state index in [0.29, 0.717) is 11.9 Å². The molecule has 1 N–H and O–H groups in total. The van der Waals surface area contributed by atoms with Crippen molar-refractivity contribution < 1.29 is 23.1 Å². The summed E-state index contributed by atoms with van der Waals surface area (Å²) in [6, 6.07) is 4.16. The predicted molar refractivity (Wildman–Crippen MR) is 84.8 cm³/mol. The molecular weight excluding hydrogens is 348 g/mol. The van der Waals surface area contributed by atoms with Crippen LogP contribution in [0.5, 0.6) is 0 Å². The van der Waals surface area contributed by atoms with Gasteiger partial charge in [0.15, 0.2) is 17.3 Å². The molecule has 2 heterocycles. The van der Waals surface area contributed by atoms with Crippen LogP contribution in [0.25, 0.3) is 5.82 Å². The minimum absolute atomic E-state index is 0.131. The Morgan fingerprint density at radius 3 is 2.62 bits per heavy atom. The molecule has 0 atom stereocenters. The van der Waals surface area contributed by atoms with Gasteiger partial charge in [-0.15, -0.1) is 10.2 Å². The Morgan fingerprint density at radius 2 is 2.00 bits per heavy atom. The molecule has 0 spiro atoms. The molecule has 10 heteroatoms. The molecule has 0 saturated carbocycles. The lowest BCUT2D eigenvalue weighted by Crippen LogP contribution is -2.19. The first kappa shape index (κ1) is 17.1. The van der Waals surface area contributed by atoms with Crippen molar-refractivity contribution in [2.24, 2.45) is 0 Å². The minimum Gasteiger partial charge on any atom is -0.465 e. The molecule has 2 aromatic heterocycles. The molecule has 132 valence electrons. The van der Waals surface area contributed by atoms with Crippen molar-refractivity contribution in [1.82, 2.24) is 19.7 Å². The van der Waals surface area contributed by atoms with Crippen LogP contribution in [0.1, 0.15) is 20.8 Å². The predicted octanol–water partition coefficient (Wildman–Crippen LogP) is 1.98. The van der Waals surface area contributed by atoms with Gasteiger partial charge in [-0.2, -0.15) is 0 Å². The summed E-state index contributed by atoms with van der Waals surface area (Å²) < 4.78 is 33.4. The molecule has 0 aliphatic heterocycles. The number of amides is 1. The van der Waals surface area contributed by atoms with Crippen molar-refractivity contribution in [2.45, 2.75) is 0 Å². The van der Waals surface area contributed by atoms with Crippen molar-refractivity contribution in [3.63, 3.8) is 0 Å². The van der Waals surface area contributed by atoms with E-state index in [1.54, 1.807) is 17.0 Å². The zero-order valence-electron chi connectivity index (χ0n) is 13.3. The van der Waals surface area contributed by atoms with Crippen LogP contribution in [0, 0.1) is 11.6 Å². The molecule has 1 amide bonds. The largest absolute Gasteiger partial charge is 0.465 e. The van der Waals surface area contributed by atoms with Crippen LogP contribution in [-0.4, -0.2) is 38.7 Å². The van der Waals surface area contributed by atoms with E-state index in [0.717, 1.165) is 13.2 Å².